The lowest BCUT2D eigenvalue weighted by atomic mass is 10.1. The van der Waals surface area contributed by atoms with E-state index in [1.807, 2.05) is 30.3 Å². The van der Waals surface area contributed by atoms with E-state index in [1.165, 1.54) is 0 Å². The number of carbonyl (C=O) groups excluding carboxylic acids is 1. The zero-order valence-electron chi connectivity index (χ0n) is 12.0. The molecule has 1 aromatic carbocycles. The lowest BCUT2D eigenvalue weighted by Gasteiger charge is -2.03. The second-order valence-electron chi connectivity index (χ2n) is 4.45. The predicted molar refractivity (Wildman–Crippen MR) is 84.7 cm³/mol. The molecule has 0 spiro atoms. The van der Waals surface area contributed by atoms with Crippen LogP contribution in [0.3, 0.4) is 0 Å². The molecule has 21 heavy (non-hydrogen) atoms. The maximum absolute atomic E-state index is 11.9. The van der Waals surface area contributed by atoms with Crippen molar-refractivity contribution in [2.45, 2.75) is 13.3 Å². The fourth-order valence-corrected chi connectivity index (χ4v) is 1.78. The monoisotopic (exact) mass is 309 g/mol. The molecule has 1 aromatic heterocycles. The van der Waals surface area contributed by atoms with Gasteiger partial charge < -0.3 is 15.2 Å². The van der Waals surface area contributed by atoms with E-state index in [2.05, 4.69) is 22.7 Å². The highest BCUT2D eigenvalue weighted by Gasteiger charge is 2.12. The lowest BCUT2D eigenvalue weighted by molar-refractivity contribution is 0.0945. The van der Waals surface area contributed by atoms with Crippen LogP contribution in [-0.2, 0) is 0 Å². The van der Waals surface area contributed by atoms with Gasteiger partial charge in [-0.1, -0.05) is 42.4 Å². The quantitative estimate of drug-likeness (QED) is 0.771. The van der Waals surface area contributed by atoms with Gasteiger partial charge in [-0.25, -0.2) is 0 Å². The zero-order valence-corrected chi connectivity index (χ0v) is 12.8. The number of nitrogens with zero attached hydrogens (tertiary/aromatic N) is 1. The summed E-state index contributed by atoms with van der Waals surface area (Å²) < 4.78 is 5.19. The van der Waals surface area contributed by atoms with Crippen molar-refractivity contribution in [3.8, 4) is 11.3 Å². The van der Waals surface area contributed by atoms with Gasteiger partial charge in [0, 0.05) is 24.7 Å². The van der Waals surface area contributed by atoms with Crippen molar-refractivity contribution in [3.63, 3.8) is 0 Å². The van der Waals surface area contributed by atoms with E-state index in [9.17, 15) is 4.79 Å². The third-order valence-corrected chi connectivity index (χ3v) is 2.82. The first kappa shape index (κ1) is 17.2. The number of rotatable bonds is 7. The first-order chi connectivity index (χ1) is 9.81. The molecule has 0 saturated carbocycles. The minimum atomic E-state index is -0.214. The van der Waals surface area contributed by atoms with E-state index in [0.717, 1.165) is 25.1 Å². The van der Waals surface area contributed by atoms with Gasteiger partial charge in [0.25, 0.3) is 5.91 Å². The molecule has 6 heteroatoms. The second kappa shape index (κ2) is 9.15. The molecule has 0 radical (unpaired) electrons. The Morgan fingerprint density at radius 1 is 1.19 bits per heavy atom. The first-order valence-corrected chi connectivity index (χ1v) is 6.82. The van der Waals surface area contributed by atoms with E-state index in [1.54, 1.807) is 6.07 Å². The number of benzene rings is 1. The van der Waals surface area contributed by atoms with Crippen LogP contribution in [0.2, 0.25) is 0 Å². The predicted octanol–water partition coefficient (Wildman–Crippen LogP) is 2.49. The van der Waals surface area contributed by atoms with Crippen molar-refractivity contribution < 1.29 is 9.32 Å². The van der Waals surface area contributed by atoms with Crippen LogP contribution in [0.4, 0.5) is 0 Å². The molecule has 2 aromatic rings. The highest BCUT2D eigenvalue weighted by atomic mass is 35.5. The third-order valence-electron chi connectivity index (χ3n) is 2.82. The van der Waals surface area contributed by atoms with Gasteiger partial charge in [-0.3, -0.25) is 4.79 Å². The molecule has 1 amide bonds. The van der Waals surface area contributed by atoms with E-state index in [-0.39, 0.29) is 18.3 Å². The minimum absolute atomic E-state index is 0. The van der Waals surface area contributed by atoms with E-state index < -0.39 is 0 Å². The Labute approximate surface area is 130 Å². The largest absolute Gasteiger partial charge is 0.355 e. The molecule has 114 valence electrons. The molecule has 5 nitrogen and oxygen atoms in total. The highest BCUT2D eigenvalue weighted by Crippen LogP contribution is 2.19. The van der Waals surface area contributed by atoms with Gasteiger partial charge in [0.1, 0.15) is 0 Å². The number of hydrogen-bond acceptors (Lipinski definition) is 4. The molecule has 0 bridgehead atoms. The van der Waals surface area contributed by atoms with Gasteiger partial charge in [0.05, 0.1) is 0 Å². The van der Waals surface area contributed by atoms with Crippen LogP contribution in [0.5, 0.6) is 0 Å². The summed E-state index contributed by atoms with van der Waals surface area (Å²) in [5, 5.41) is 9.81. The Kier molecular flexibility index (Phi) is 7.50. The van der Waals surface area contributed by atoms with Gasteiger partial charge in [0.2, 0.25) is 0 Å². The number of carbonyl (C=O) groups is 1. The number of halogens is 1. The molecule has 0 atom stereocenters. The van der Waals surface area contributed by atoms with E-state index in [4.69, 9.17) is 4.52 Å². The van der Waals surface area contributed by atoms with Crippen molar-refractivity contribution in [1.29, 1.82) is 0 Å². The summed E-state index contributed by atoms with van der Waals surface area (Å²) in [6, 6.07) is 11.2. The van der Waals surface area contributed by atoms with Crippen LogP contribution in [0.15, 0.2) is 40.9 Å². The average Bonchev–Trinajstić information content (AvgIpc) is 2.98. The topological polar surface area (TPSA) is 67.2 Å². The SMILES string of the molecule is CCCNCCNC(=O)c1cc(-c2ccccc2)on1.Cl. The number of aromatic nitrogens is 1. The Hall–Kier alpha value is -1.85. The third kappa shape index (κ3) is 5.21. The van der Waals surface area contributed by atoms with Crippen molar-refractivity contribution in [3.05, 3.63) is 42.1 Å². The molecule has 0 fully saturated rings. The number of hydrogen-bond donors (Lipinski definition) is 2. The fourth-order valence-electron chi connectivity index (χ4n) is 1.78. The molecule has 2 rings (SSSR count). The Bertz CT molecular complexity index is 543. The molecule has 0 aliphatic rings. The second-order valence-corrected chi connectivity index (χ2v) is 4.45. The van der Waals surface area contributed by atoms with Gasteiger partial charge >= 0.3 is 0 Å². The highest BCUT2D eigenvalue weighted by molar-refractivity contribution is 5.93. The summed E-state index contributed by atoms with van der Waals surface area (Å²) in [6.07, 6.45) is 1.08. The van der Waals surface area contributed by atoms with Crippen LogP contribution in [0, 0.1) is 0 Å². The Morgan fingerprint density at radius 2 is 1.95 bits per heavy atom. The smallest absolute Gasteiger partial charge is 0.273 e. The normalized spacial score (nSPS) is 9.95. The Morgan fingerprint density at radius 3 is 2.67 bits per heavy atom. The average molecular weight is 310 g/mol. The molecular formula is C15H20ClN3O2. The van der Waals surface area contributed by atoms with Crippen LogP contribution < -0.4 is 10.6 Å². The fraction of sp³-hybridized carbons (Fsp3) is 0.333. The van der Waals surface area contributed by atoms with Gasteiger partial charge in [-0.2, -0.15) is 0 Å². The van der Waals surface area contributed by atoms with Crippen LogP contribution in [0.1, 0.15) is 23.8 Å². The van der Waals surface area contributed by atoms with Gasteiger partial charge in [-0.05, 0) is 13.0 Å². The van der Waals surface area contributed by atoms with E-state index in [0.29, 0.717) is 18.0 Å². The summed E-state index contributed by atoms with van der Waals surface area (Å²) in [5.41, 5.74) is 1.21. The Balaban J connectivity index is 0.00000220. The van der Waals surface area contributed by atoms with Gasteiger partial charge in [0.15, 0.2) is 11.5 Å². The summed E-state index contributed by atoms with van der Waals surface area (Å²) in [7, 11) is 0. The van der Waals surface area contributed by atoms with Crippen molar-refractivity contribution >= 4 is 18.3 Å². The van der Waals surface area contributed by atoms with Crippen LogP contribution in [-0.4, -0.2) is 30.7 Å². The molecule has 0 unspecified atom stereocenters. The summed E-state index contributed by atoms with van der Waals surface area (Å²) in [6.45, 7) is 4.39. The lowest BCUT2D eigenvalue weighted by Crippen LogP contribution is -2.32. The summed E-state index contributed by atoms with van der Waals surface area (Å²) >= 11 is 0. The van der Waals surface area contributed by atoms with Crippen molar-refractivity contribution in [2.75, 3.05) is 19.6 Å². The standard InChI is InChI=1S/C15H19N3O2.ClH/c1-2-8-16-9-10-17-15(19)13-11-14(20-18-13)12-6-4-3-5-7-12;/h3-7,11,16H,2,8-10H2,1H3,(H,17,19);1H. The summed E-state index contributed by atoms with van der Waals surface area (Å²) in [4.78, 5) is 11.9. The molecule has 1 heterocycles. The minimum Gasteiger partial charge on any atom is -0.355 e. The van der Waals surface area contributed by atoms with Crippen LogP contribution in [0.25, 0.3) is 11.3 Å². The maximum Gasteiger partial charge on any atom is 0.273 e. The molecule has 0 aliphatic carbocycles. The van der Waals surface area contributed by atoms with Gasteiger partial charge in [-0.15, -0.1) is 12.4 Å². The summed E-state index contributed by atoms with van der Waals surface area (Å²) in [5.74, 6) is 0.383. The zero-order chi connectivity index (χ0) is 14.2. The maximum atomic E-state index is 11.9. The molecule has 0 saturated heterocycles. The number of nitrogens with one attached hydrogen (secondary N) is 2. The van der Waals surface area contributed by atoms with E-state index >= 15 is 0 Å². The molecule has 0 aliphatic heterocycles. The van der Waals surface area contributed by atoms with Crippen molar-refractivity contribution in [1.82, 2.24) is 15.8 Å². The van der Waals surface area contributed by atoms with Crippen LogP contribution >= 0.6 is 12.4 Å². The molecular weight excluding hydrogens is 290 g/mol. The van der Waals surface area contributed by atoms with Crippen molar-refractivity contribution in [2.24, 2.45) is 0 Å². The number of amides is 1. The molecule has 2 N–H and O–H groups in total. The first-order valence-electron chi connectivity index (χ1n) is 6.82.